The van der Waals surface area contributed by atoms with Crippen LogP contribution in [0.2, 0.25) is 10.0 Å². The van der Waals surface area contributed by atoms with Crippen molar-refractivity contribution < 1.29 is 13.5 Å². The third-order valence-electron chi connectivity index (χ3n) is 4.04. The van der Waals surface area contributed by atoms with Crippen molar-refractivity contribution in [3.8, 4) is 0 Å². The van der Waals surface area contributed by atoms with Gasteiger partial charge in [-0.3, -0.25) is 0 Å². The van der Waals surface area contributed by atoms with Crippen LogP contribution in [0.3, 0.4) is 0 Å². The summed E-state index contributed by atoms with van der Waals surface area (Å²) in [5.74, 6) is -0.538. The number of benzene rings is 2. The molecule has 22 heavy (non-hydrogen) atoms. The predicted molar refractivity (Wildman–Crippen MR) is 87.2 cm³/mol. The maximum Gasteiger partial charge on any atom is 0.182 e. The van der Waals surface area contributed by atoms with E-state index in [2.05, 4.69) is 0 Å². The highest BCUT2D eigenvalue weighted by atomic mass is 35.5. The van der Waals surface area contributed by atoms with E-state index in [-0.39, 0.29) is 23.3 Å². The van der Waals surface area contributed by atoms with E-state index in [0.29, 0.717) is 10.0 Å². The summed E-state index contributed by atoms with van der Waals surface area (Å²) in [6.45, 7) is -0.172. The van der Waals surface area contributed by atoms with E-state index in [9.17, 15) is 13.5 Å². The molecule has 1 aliphatic rings. The van der Waals surface area contributed by atoms with E-state index in [1.807, 2.05) is 6.07 Å². The van der Waals surface area contributed by atoms with Gasteiger partial charge in [-0.2, -0.15) is 0 Å². The molecule has 0 aromatic heterocycles. The Labute approximate surface area is 139 Å². The molecule has 0 radical (unpaired) electrons. The molecule has 0 heterocycles. The zero-order valence-corrected chi connectivity index (χ0v) is 13.8. The minimum atomic E-state index is -3.52. The van der Waals surface area contributed by atoms with Crippen molar-refractivity contribution in [3.63, 3.8) is 0 Å². The number of hydrogen-bond acceptors (Lipinski definition) is 3. The molecule has 0 unspecified atom stereocenters. The summed E-state index contributed by atoms with van der Waals surface area (Å²) in [6, 6.07) is 13.2. The minimum Gasteiger partial charge on any atom is -0.396 e. The van der Waals surface area contributed by atoms with Crippen molar-refractivity contribution in [2.75, 3.05) is 6.61 Å². The first kappa shape index (κ1) is 15.8. The Kier molecular flexibility index (Phi) is 4.21. The number of aliphatic hydroxyl groups excluding tert-OH is 1. The summed E-state index contributed by atoms with van der Waals surface area (Å²) in [5, 5.41) is 9.93. The van der Waals surface area contributed by atoms with Crippen LogP contribution in [-0.4, -0.2) is 25.4 Å². The molecule has 0 aliphatic heterocycles. The van der Waals surface area contributed by atoms with Crippen LogP contribution in [0.4, 0.5) is 0 Å². The Hall–Kier alpha value is -1.07. The van der Waals surface area contributed by atoms with E-state index in [0.717, 1.165) is 5.56 Å². The minimum absolute atomic E-state index is 0.172. The van der Waals surface area contributed by atoms with Gasteiger partial charge in [0.2, 0.25) is 0 Å². The normalized spacial score (nSPS) is 24.2. The SMILES string of the molecule is O=S(=O)(c1ccc(Cl)cc1)[C@@H]1[C@H](CO)[C@@H]1c1cccc(Cl)c1. The maximum atomic E-state index is 12.8. The molecule has 0 amide bonds. The molecule has 116 valence electrons. The molecule has 1 saturated carbocycles. The Bertz CT molecular complexity index is 787. The highest BCUT2D eigenvalue weighted by Crippen LogP contribution is 2.53. The van der Waals surface area contributed by atoms with E-state index >= 15 is 0 Å². The second kappa shape index (κ2) is 5.85. The lowest BCUT2D eigenvalue weighted by atomic mass is 10.1. The van der Waals surface area contributed by atoms with Gasteiger partial charge in [0.1, 0.15) is 0 Å². The number of hydrogen-bond donors (Lipinski definition) is 1. The van der Waals surface area contributed by atoms with Crippen LogP contribution in [-0.2, 0) is 9.84 Å². The van der Waals surface area contributed by atoms with Gasteiger partial charge < -0.3 is 5.11 Å². The number of rotatable bonds is 4. The molecular formula is C16H14Cl2O3S. The first-order chi connectivity index (χ1) is 10.4. The molecule has 0 spiro atoms. The first-order valence-electron chi connectivity index (χ1n) is 6.81. The average molecular weight is 357 g/mol. The van der Waals surface area contributed by atoms with E-state index in [1.54, 1.807) is 30.3 Å². The number of sulfone groups is 1. The molecule has 3 rings (SSSR count). The molecular weight excluding hydrogens is 343 g/mol. The van der Waals surface area contributed by atoms with Crippen LogP contribution in [0.15, 0.2) is 53.4 Å². The standard InChI is InChI=1S/C16H14Cl2O3S/c17-11-4-6-13(7-5-11)22(20,21)16-14(9-19)15(16)10-2-1-3-12(18)8-10/h1-8,14-16,19H,9H2/t14-,15+,16-/m1/s1. The van der Waals surface area contributed by atoms with Gasteiger partial charge in [-0.15, -0.1) is 0 Å². The van der Waals surface area contributed by atoms with Crippen molar-refractivity contribution in [3.05, 3.63) is 64.1 Å². The lowest BCUT2D eigenvalue weighted by Gasteiger charge is -2.05. The Morgan fingerprint density at radius 3 is 2.27 bits per heavy atom. The highest BCUT2D eigenvalue weighted by Gasteiger charge is 2.58. The summed E-state index contributed by atoms with van der Waals surface area (Å²) < 4.78 is 25.5. The Morgan fingerprint density at radius 1 is 1.00 bits per heavy atom. The highest BCUT2D eigenvalue weighted by molar-refractivity contribution is 7.92. The zero-order valence-electron chi connectivity index (χ0n) is 11.5. The van der Waals surface area contributed by atoms with Crippen LogP contribution < -0.4 is 0 Å². The summed E-state index contributed by atoms with van der Waals surface area (Å²) in [5.41, 5.74) is 0.842. The third-order valence-corrected chi connectivity index (χ3v) is 6.82. The molecule has 2 aromatic rings. The van der Waals surface area contributed by atoms with Gasteiger partial charge in [-0.25, -0.2) is 8.42 Å². The largest absolute Gasteiger partial charge is 0.396 e. The molecule has 0 saturated heterocycles. The summed E-state index contributed by atoms with van der Waals surface area (Å²) in [4.78, 5) is 0.227. The topological polar surface area (TPSA) is 54.4 Å². The molecule has 1 fully saturated rings. The van der Waals surface area contributed by atoms with Gasteiger partial charge in [0, 0.05) is 28.5 Å². The number of halogens is 2. The van der Waals surface area contributed by atoms with Crippen molar-refractivity contribution in [2.45, 2.75) is 16.1 Å². The van der Waals surface area contributed by atoms with Crippen molar-refractivity contribution in [1.29, 1.82) is 0 Å². The lowest BCUT2D eigenvalue weighted by molar-refractivity contribution is 0.274. The molecule has 6 heteroatoms. The van der Waals surface area contributed by atoms with Crippen LogP contribution in [0.1, 0.15) is 11.5 Å². The zero-order chi connectivity index (χ0) is 15.9. The molecule has 3 nitrogen and oxygen atoms in total. The fourth-order valence-electron chi connectivity index (χ4n) is 2.92. The molecule has 2 aromatic carbocycles. The summed E-state index contributed by atoms with van der Waals surface area (Å²) in [7, 11) is -3.52. The van der Waals surface area contributed by atoms with Gasteiger partial charge in [0.15, 0.2) is 9.84 Å². The van der Waals surface area contributed by atoms with E-state index in [1.165, 1.54) is 12.1 Å². The lowest BCUT2D eigenvalue weighted by Crippen LogP contribution is -2.11. The van der Waals surface area contributed by atoms with E-state index < -0.39 is 15.1 Å². The summed E-state index contributed by atoms with van der Waals surface area (Å²) in [6.07, 6.45) is 0. The van der Waals surface area contributed by atoms with Crippen LogP contribution in [0.25, 0.3) is 0 Å². The molecule has 1 aliphatic carbocycles. The second-order valence-electron chi connectivity index (χ2n) is 5.39. The average Bonchev–Trinajstić information content (AvgIpc) is 3.23. The van der Waals surface area contributed by atoms with Gasteiger partial charge >= 0.3 is 0 Å². The molecule has 1 N–H and O–H groups in total. The van der Waals surface area contributed by atoms with Crippen molar-refractivity contribution in [2.24, 2.45) is 5.92 Å². The van der Waals surface area contributed by atoms with Crippen LogP contribution in [0, 0.1) is 5.92 Å². The van der Waals surface area contributed by atoms with Crippen LogP contribution in [0.5, 0.6) is 0 Å². The Morgan fingerprint density at radius 2 is 1.68 bits per heavy atom. The molecule has 3 atom stereocenters. The van der Waals surface area contributed by atoms with Gasteiger partial charge in [-0.05, 0) is 42.0 Å². The van der Waals surface area contributed by atoms with Gasteiger partial charge in [-0.1, -0.05) is 35.3 Å². The maximum absolute atomic E-state index is 12.8. The Balaban J connectivity index is 1.95. The van der Waals surface area contributed by atoms with E-state index in [4.69, 9.17) is 23.2 Å². The van der Waals surface area contributed by atoms with Crippen molar-refractivity contribution >= 4 is 33.0 Å². The summed E-state index contributed by atoms with van der Waals surface area (Å²) >= 11 is 11.8. The smallest absolute Gasteiger partial charge is 0.182 e. The third kappa shape index (κ3) is 2.76. The van der Waals surface area contributed by atoms with Gasteiger partial charge in [0.25, 0.3) is 0 Å². The fraction of sp³-hybridized carbons (Fsp3) is 0.250. The van der Waals surface area contributed by atoms with Gasteiger partial charge in [0.05, 0.1) is 10.1 Å². The first-order valence-corrected chi connectivity index (χ1v) is 9.11. The quantitative estimate of drug-likeness (QED) is 0.911. The molecule has 0 bridgehead atoms. The second-order valence-corrected chi connectivity index (χ2v) is 8.37. The fourth-order valence-corrected chi connectivity index (χ4v) is 5.44. The monoisotopic (exact) mass is 356 g/mol. The van der Waals surface area contributed by atoms with Crippen molar-refractivity contribution in [1.82, 2.24) is 0 Å². The number of aliphatic hydroxyl groups is 1. The predicted octanol–water partition coefficient (Wildman–Crippen LogP) is 3.54. The van der Waals surface area contributed by atoms with Crippen LogP contribution >= 0.6 is 23.2 Å².